The lowest BCUT2D eigenvalue weighted by molar-refractivity contribution is 0.0188. The van der Waals surface area contributed by atoms with Crippen molar-refractivity contribution in [3.05, 3.63) is 35.9 Å². The Labute approximate surface area is 145 Å². The fraction of sp³-hybridized carbons (Fsp3) is 0.650. The number of carbonyl (C=O) groups excluding carboxylic acids is 1. The van der Waals surface area contributed by atoms with Crippen molar-refractivity contribution in [2.75, 3.05) is 19.6 Å². The number of hydrogen-bond donors (Lipinski definition) is 1. The molecule has 1 aliphatic heterocycles. The highest BCUT2D eigenvalue weighted by Crippen LogP contribution is 2.45. The quantitative estimate of drug-likeness (QED) is 0.913. The maximum absolute atomic E-state index is 12.8. The SMILES string of the molecule is CC(C)(C)OC(=O)N(CC1CCNCC1)C1CC1c1ccccc1. The van der Waals surface area contributed by atoms with E-state index >= 15 is 0 Å². The number of benzene rings is 1. The number of piperidine rings is 1. The van der Waals surface area contributed by atoms with Crippen LogP contribution in [0.3, 0.4) is 0 Å². The van der Waals surface area contributed by atoms with Crippen molar-refractivity contribution in [2.24, 2.45) is 5.92 Å². The molecule has 1 aromatic carbocycles. The second-order valence-electron chi connectivity index (χ2n) is 8.15. The van der Waals surface area contributed by atoms with E-state index in [2.05, 4.69) is 29.6 Å². The standard InChI is InChI=1S/C20H30N2O2/c1-20(2,3)24-19(23)22(14-15-9-11-21-12-10-15)18-13-17(18)16-7-5-4-6-8-16/h4-8,15,17-18,21H,9-14H2,1-3H3. The van der Waals surface area contributed by atoms with Gasteiger partial charge in [-0.3, -0.25) is 0 Å². The molecule has 1 N–H and O–H groups in total. The van der Waals surface area contributed by atoms with Gasteiger partial charge in [-0.15, -0.1) is 0 Å². The van der Waals surface area contributed by atoms with Crippen LogP contribution in [0, 0.1) is 5.92 Å². The van der Waals surface area contributed by atoms with Crippen molar-refractivity contribution in [2.45, 2.75) is 57.6 Å². The molecule has 1 aliphatic carbocycles. The maximum Gasteiger partial charge on any atom is 0.410 e. The summed E-state index contributed by atoms with van der Waals surface area (Å²) in [5, 5.41) is 3.40. The first-order valence-electron chi connectivity index (χ1n) is 9.19. The third-order valence-electron chi connectivity index (χ3n) is 4.93. The lowest BCUT2D eigenvalue weighted by Gasteiger charge is -2.32. The van der Waals surface area contributed by atoms with Gasteiger partial charge >= 0.3 is 6.09 Å². The first-order valence-corrected chi connectivity index (χ1v) is 9.19. The molecule has 0 spiro atoms. The smallest absolute Gasteiger partial charge is 0.410 e. The van der Waals surface area contributed by atoms with E-state index in [-0.39, 0.29) is 12.1 Å². The molecule has 1 aromatic rings. The molecule has 4 nitrogen and oxygen atoms in total. The molecule has 1 amide bonds. The first-order chi connectivity index (χ1) is 11.4. The molecule has 2 unspecified atom stereocenters. The van der Waals surface area contributed by atoms with Gasteiger partial charge in [-0.05, 0) is 64.6 Å². The largest absolute Gasteiger partial charge is 0.444 e. The van der Waals surface area contributed by atoms with E-state index < -0.39 is 5.60 Å². The number of amides is 1. The molecule has 24 heavy (non-hydrogen) atoms. The molecule has 1 saturated carbocycles. The summed E-state index contributed by atoms with van der Waals surface area (Å²) < 4.78 is 5.70. The Morgan fingerprint density at radius 2 is 1.88 bits per heavy atom. The van der Waals surface area contributed by atoms with E-state index in [1.54, 1.807) is 0 Å². The van der Waals surface area contributed by atoms with E-state index in [9.17, 15) is 4.79 Å². The number of nitrogens with one attached hydrogen (secondary N) is 1. The van der Waals surface area contributed by atoms with E-state index in [1.807, 2.05) is 31.7 Å². The summed E-state index contributed by atoms with van der Waals surface area (Å²) in [5.41, 5.74) is 0.891. The molecular weight excluding hydrogens is 300 g/mol. The summed E-state index contributed by atoms with van der Waals surface area (Å²) in [7, 11) is 0. The van der Waals surface area contributed by atoms with Gasteiger partial charge in [0.2, 0.25) is 0 Å². The summed E-state index contributed by atoms with van der Waals surface area (Å²) in [6, 6.07) is 10.8. The van der Waals surface area contributed by atoms with E-state index in [4.69, 9.17) is 4.74 Å². The minimum Gasteiger partial charge on any atom is -0.444 e. The molecule has 0 bridgehead atoms. The minimum atomic E-state index is -0.444. The third kappa shape index (κ3) is 4.50. The Hall–Kier alpha value is -1.55. The Bertz CT molecular complexity index is 547. The van der Waals surface area contributed by atoms with Gasteiger partial charge in [0, 0.05) is 18.5 Å². The number of ether oxygens (including phenoxy) is 1. The second kappa shape index (κ2) is 7.14. The number of rotatable bonds is 4. The zero-order valence-corrected chi connectivity index (χ0v) is 15.1. The Kier molecular flexibility index (Phi) is 5.14. The van der Waals surface area contributed by atoms with Crippen molar-refractivity contribution < 1.29 is 9.53 Å². The van der Waals surface area contributed by atoms with Gasteiger partial charge in [-0.1, -0.05) is 30.3 Å². The summed E-state index contributed by atoms with van der Waals surface area (Å²) in [6.07, 6.45) is 3.18. The van der Waals surface area contributed by atoms with Crippen LogP contribution >= 0.6 is 0 Å². The average molecular weight is 330 g/mol. The van der Waals surface area contributed by atoms with Crippen molar-refractivity contribution in [3.63, 3.8) is 0 Å². The van der Waals surface area contributed by atoms with Crippen molar-refractivity contribution >= 4 is 6.09 Å². The third-order valence-corrected chi connectivity index (χ3v) is 4.93. The van der Waals surface area contributed by atoms with Gasteiger partial charge in [0.05, 0.1) is 0 Å². The summed E-state index contributed by atoms with van der Waals surface area (Å²) >= 11 is 0. The molecule has 2 fully saturated rings. The van der Waals surface area contributed by atoms with Crippen LogP contribution in [-0.2, 0) is 4.74 Å². The molecule has 3 rings (SSSR count). The van der Waals surface area contributed by atoms with Gasteiger partial charge in [0.15, 0.2) is 0 Å². The van der Waals surface area contributed by atoms with Crippen molar-refractivity contribution in [1.82, 2.24) is 10.2 Å². The molecule has 0 aromatic heterocycles. The van der Waals surface area contributed by atoms with Gasteiger partial charge < -0.3 is 15.0 Å². The average Bonchev–Trinajstić information content (AvgIpc) is 3.33. The predicted octanol–water partition coefficient (Wildman–Crippen LogP) is 3.78. The van der Waals surface area contributed by atoms with Crippen molar-refractivity contribution in [1.29, 1.82) is 0 Å². The van der Waals surface area contributed by atoms with Crippen LogP contribution in [0.4, 0.5) is 4.79 Å². The number of carbonyl (C=O) groups is 1. The molecular formula is C20H30N2O2. The van der Waals surface area contributed by atoms with E-state index in [1.165, 1.54) is 5.56 Å². The first kappa shape index (κ1) is 17.3. The van der Waals surface area contributed by atoms with Gasteiger partial charge in [-0.25, -0.2) is 4.79 Å². The predicted molar refractivity (Wildman–Crippen MR) is 96.1 cm³/mol. The Morgan fingerprint density at radius 1 is 1.21 bits per heavy atom. The van der Waals surface area contributed by atoms with E-state index in [0.717, 1.165) is 38.9 Å². The Morgan fingerprint density at radius 3 is 2.50 bits per heavy atom. The monoisotopic (exact) mass is 330 g/mol. The second-order valence-corrected chi connectivity index (χ2v) is 8.15. The molecule has 0 radical (unpaired) electrons. The number of nitrogens with zero attached hydrogens (tertiary/aromatic N) is 1. The molecule has 132 valence electrons. The van der Waals surface area contributed by atoms with E-state index in [0.29, 0.717) is 11.8 Å². The fourth-order valence-corrected chi connectivity index (χ4v) is 3.59. The van der Waals surface area contributed by atoms with Gasteiger partial charge in [0.1, 0.15) is 5.60 Å². The van der Waals surface area contributed by atoms with Crippen LogP contribution in [-0.4, -0.2) is 42.3 Å². The van der Waals surface area contributed by atoms with Crippen molar-refractivity contribution in [3.8, 4) is 0 Å². The van der Waals surface area contributed by atoms with Crippen LogP contribution in [0.15, 0.2) is 30.3 Å². The highest BCUT2D eigenvalue weighted by molar-refractivity contribution is 5.69. The summed E-state index contributed by atoms with van der Waals surface area (Å²) in [5.74, 6) is 1.04. The van der Waals surface area contributed by atoms with Crippen LogP contribution < -0.4 is 5.32 Å². The number of hydrogen-bond acceptors (Lipinski definition) is 3. The molecule has 1 heterocycles. The molecule has 1 saturated heterocycles. The fourth-order valence-electron chi connectivity index (χ4n) is 3.59. The zero-order valence-electron chi connectivity index (χ0n) is 15.1. The normalized spacial score (nSPS) is 24.5. The Balaban J connectivity index is 1.69. The van der Waals surface area contributed by atoms with Crippen LogP contribution in [0.25, 0.3) is 0 Å². The lowest BCUT2D eigenvalue weighted by Crippen LogP contribution is -2.43. The van der Waals surface area contributed by atoms with Gasteiger partial charge in [0.25, 0.3) is 0 Å². The zero-order chi connectivity index (χ0) is 17.2. The van der Waals surface area contributed by atoms with Gasteiger partial charge in [-0.2, -0.15) is 0 Å². The topological polar surface area (TPSA) is 41.6 Å². The summed E-state index contributed by atoms with van der Waals surface area (Å²) in [6.45, 7) is 8.75. The maximum atomic E-state index is 12.8. The molecule has 2 atom stereocenters. The van der Waals surface area contributed by atoms with Crippen LogP contribution in [0.5, 0.6) is 0 Å². The van der Waals surface area contributed by atoms with Crippen LogP contribution in [0.2, 0.25) is 0 Å². The molecule has 2 aliphatic rings. The highest BCUT2D eigenvalue weighted by Gasteiger charge is 2.46. The highest BCUT2D eigenvalue weighted by atomic mass is 16.6. The van der Waals surface area contributed by atoms with Crippen LogP contribution in [0.1, 0.15) is 51.5 Å². The minimum absolute atomic E-state index is 0.149. The lowest BCUT2D eigenvalue weighted by atomic mass is 9.97. The molecule has 4 heteroatoms. The summed E-state index contributed by atoms with van der Waals surface area (Å²) in [4.78, 5) is 14.8.